The molecular formula is C23H34F3N3O6. The molecule has 0 bridgehead atoms. The van der Waals surface area contributed by atoms with E-state index in [2.05, 4.69) is 15.4 Å². The molecule has 0 radical (unpaired) electrons. The Hall–Kier alpha value is -2.21. The fourth-order valence-corrected chi connectivity index (χ4v) is 5.54. The normalized spacial score (nSPS) is 28.1. The number of aliphatic hydroxyl groups is 1. The van der Waals surface area contributed by atoms with Crippen LogP contribution in [0.1, 0.15) is 52.4 Å². The van der Waals surface area contributed by atoms with Gasteiger partial charge in [0.15, 0.2) is 5.78 Å². The monoisotopic (exact) mass is 505 g/mol. The Morgan fingerprint density at radius 1 is 1.23 bits per heavy atom. The average molecular weight is 506 g/mol. The van der Waals surface area contributed by atoms with Gasteiger partial charge in [-0.25, -0.2) is 0 Å². The van der Waals surface area contributed by atoms with Crippen LogP contribution in [0.4, 0.5) is 13.2 Å². The molecule has 0 aromatic rings. The average Bonchev–Trinajstić information content (AvgIpc) is 3.46. The summed E-state index contributed by atoms with van der Waals surface area (Å²) in [5.74, 6) is -3.24. The predicted octanol–water partition coefficient (Wildman–Crippen LogP) is 1.14. The number of ketones is 1. The van der Waals surface area contributed by atoms with Crippen LogP contribution in [0.25, 0.3) is 0 Å². The van der Waals surface area contributed by atoms with Crippen molar-refractivity contribution in [1.82, 2.24) is 15.5 Å². The highest BCUT2D eigenvalue weighted by Gasteiger charge is 2.51. The van der Waals surface area contributed by atoms with Gasteiger partial charge in [0.1, 0.15) is 18.8 Å². The summed E-state index contributed by atoms with van der Waals surface area (Å²) in [6.45, 7) is 3.10. The van der Waals surface area contributed by atoms with Gasteiger partial charge in [0.25, 0.3) is 5.91 Å². The molecule has 0 aromatic carbocycles. The third-order valence-electron chi connectivity index (χ3n) is 7.19. The predicted molar refractivity (Wildman–Crippen MR) is 116 cm³/mol. The van der Waals surface area contributed by atoms with Crippen LogP contribution >= 0.6 is 0 Å². The number of rotatable bonds is 10. The molecule has 3 aliphatic rings. The number of hydrogen-bond donors (Lipinski definition) is 3. The molecule has 6 atom stereocenters. The lowest BCUT2D eigenvalue weighted by Crippen LogP contribution is -2.55. The van der Waals surface area contributed by atoms with E-state index >= 15 is 0 Å². The number of ether oxygens (including phenoxy) is 1. The first-order chi connectivity index (χ1) is 16.4. The first-order valence-corrected chi connectivity index (χ1v) is 12.2. The first kappa shape index (κ1) is 27.4. The molecule has 1 aliphatic carbocycles. The van der Waals surface area contributed by atoms with Gasteiger partial charge >= 0.3 is 6.36 Å². The summed E-state index contributed by atoms with van der Waals surface area (Å²) in [6.07, 6.45) is -3.46. The van der Waals surface area contributed by atoms with Crippen LogP contribution in [0.3, 0.4) is 0 Å². The zero-order valence-electron chi connectivity index (χ0n) is 20.0. The van der Waals surface area contributed by atoms with Crippen molar-refractivity contribution in [1.29, 1.82) is 0 Å². The minimum absolute atomic E-state index is 0.0523. The van der Waals surface area contributed by atoms with Crippen LogP contribution in [0.5, 0.6) is 0 Å². The Labute approximate surface area is 202 Å². The lowest BCUT2D eigenvalue weighted by atomic mass is 9.92. The Morgan fingerprint density at radius 2 is 1.94 bits per heavy atom. The smallest absolute Gasteiger partial charge is 0.383 e. The minimum atomic E-state index is -5.02. The number of Topliss-reactive ketones (excluding diaryl/α,β-unsaturated/α-hetero) is 1. The van der Waals surface area contributed by atoms with Crippen molar-refractivity contribution in [2.24, 2.45) is 23.7 Å². The Kier molecular flexibility index (Phi) is 8.79. The van der Waals surface area contributed by atoms with Crippen molar-refractivity contribution < 1.29 is 42.2 Å². The van der Waals surface area contributed by atoms with Gasteiger partial charge < -0.3 is 20.6 Å². The molecule has 198 valence electrons. The van der Waals surface area contributed by atoms with E-state index in [-0.39, 0.29) is 36.5 Å². The topological polar surface area (TPSA) is 125 Å². The van der Waals surface area contributed by atoms with Gasteiger partial charge in [-0.3, -0.25) is 23.9 Å². The van der Waals surface area contributed by atoms with Gasteiger partial charge in [-0.2, -0.15) is 0 Å². The zero-order chi connectivity index (χ0) is 25.9. The van der Waals surface area contributed by atoms with Gasteiger partial charge in [-0.15, -0.1) is 13.2 Å². The fraction of sp³-hybridized carbons (Fsp3) is 0.826. The number of fused-ring (bicyclic) bond motifs is 1. The third kappa shape index (κ3) is 6.93. The van der Waals surface area contributed by atoms with Crippen LogP contribution < -0.4 is 10.6 Å². The number of alkyl halides is 3. The number of likely N-dealkylation sites (tertiary alicyclic amines) is 1. The second-order valence-corrected chi connectivity index (χ2v) is 10.2. The third-order valence-corrected chi connectivity index (χ3v) is 7.19. The number of amides is 3. The molecule has 3 fully saturated rings. The summed E-state index contributed by atoms with van der Waals surface area (Å²) in [7, 11) is 0. The van der Waals surface area contributed by atoms with Crippen LogP contribution in [-0.4, -0.2) is 77.8 Å². The van der Waals surface area contributed by atoms with E-state index in [0.717, 1.165) is 12.8 Å². The number of carbonyl (C=O) groups is 4. The van der Waals surface area contributed by atoms with Crippen molar-refractivity contribution in [3.63, 3.8) is 0 Å². The summed E-state index contributed by atoms with van der Waals surface area (Å²) < 4.78 is 41.2. The molecule has 3 rings (SSSR count). The molecule has 12 heteroatoms. The fourth-order valence-electron chi connectivity index (χ4n) is 5.54. The molecule has 35 heavy (non-hydrogen) atoms. The highest BCUT2D eigenvalue weighted by molar-refractivity contribution is 5.95. The number of nitrogens with one attached hydrogen (secondary N) is 2. The molecule has 2 saturated heterocycles. The summed E-state index contributed by atoms with van der Waals surface area (Å²) in [5, 5.41) is 15.5. The number of carbonyl (C=O) groups excluding carboxylic acids is 4. The van der Waals surface area contributed by atoms with E-state index in [1.165, 1.54) is 4.90 Å². The van der Waals surface area contributed by atoms with Crippen LogP contribution in [0, 0.1) is 23.7 Å². The van der Waals surface area contributed by atoms with Gasteiger partial charge in [0.2, 0.25) is 11.8 Å². The van der Waals surface area contributed by atoms with Crippen molar-refractivity contribution in [2.75, 3.05) is 19.7 Å². The van der Waals surface area contributed by atoms with Crippen molar-refractivity contribution in [3.05, 3.63) is 0 Å². The van der Waals surface area contributed by atoms with Crippen molar-refractivity contribution >= 4 is 23.5 Å². The van der Waals surface area contributed by atoms with Gasteiger partial charge in [0.05, 0.1) is 6.04 Å². The summed E-state index contributed by atoms with van der Waals surface area (Å²) >= 11 is 0. The lowest BCUT2D eigenvalue weighted by Gasteiger charge is -2.31. The maximum Gasteiger partial charge on any atom is 0.522 e. The van der Waals surface area contributed by atoms with Crippen LogP contribution in [0.2, 0.25) is 0 Å². The van der Waals surface area contributed by atoms with E-state index in [4.69, 9.17) is 0 Å². The Morgan fingerprint density at radius 3 is 2.54 bits per heavy atom. The highest BCUT2D eigenvalue weighted by Crippen LogP contribution is 2.42. The van der Waals surface area contributed by atoms with Crippen molar-refractivity contribution in [3.8, 4) is 0 Å². The van der Waals surface area contributed by atoms with Crippen LogP contribution in [0.15, 0.2) is 0 Å². The molecule has 0 spiro atoms. The van der Waals surface area contributed by atoms with Crippen LogP contribution in [-0.2, 0) is 23.9 Å². The minimum Gasteiger partial charge on any atom is -0.383 e. The quantitative estimate of drug-likeness (QED) is 0.409. The number of aliphatic hydroxyl groups excluding tert-OH is 1. The first-order valence-electron chi connectivity index (χ1n) is 12.2. The Balaban J connectivity index is 1.77. The lowest BCUT2D eigenvalue weighted by molar-refractivity contribution is -0.321. The summed E-state index contributed by atoms with van der Waals surface area (Å²) in [5.41, 5.74) is 0. The van der Waals surface area contributed by atoms with E-state index in [1.807, 2.05) is 13.8 Å². The molecule has 0 aromatic heterocycles. The summed E-state index contributed by atoms with van der Waals surface area (Å²) in [4.78, 5) is 52.4. The number of hydrogen-bond acceptors (Lipinski definition) is 6. The molecule has 3 N–H and O–H groups in total. The standard InChI is InChI=1S/C23H34F3N3O6/c1-12(2)8-17(30)22(34)29-10-14-4-3-5-15(14)19(29)21(33)28-16(9-13-6-7-27-20(13)32)18(31)11-35-23(24,25)26/h12-17,19,30H,3-11H2,1-2H3,(H,27,32)(H,28,33)/t13?,14?,15?,16?,17-,19?/m1/s1. The van der Waals surface area contributed by atoms with E-state index in [0.29, 0.717) is 25.9 Å². The molecular weight excluding hydrogens is 471 g/mol. The van der Waals surface area contributed by atoms with E-state index in [9.17, 15) is 37.5 Å². The Bertz CT molecular complexity index is 821. The van der Waals surface area contributed by atoms with Gasteiger partial charge in [0, 0.05) is 19.0 Å². The largest absolute Gasteiger partial charge is 0.522 e. The number of nitrogens with zero attached hydrogens (tertiary/aromatic N) is 1. The van der Waals surface area contributed by atoms with Crippen molar-refractivity contribution in [2.45, 2.75) is 76.9 Å². The molecule has 1 saturated carbocycles. The summed E-state index contributed by atoms with van der Waals surface area (Å²) in [6, 6.07) is -2.32. The SMILES string of the molecule is CC(C)C[C@@H](O)C(=O)N1CC2CCCC2C1C(=O)NC(CC1CCNC1=O)C(=O)COC(F)(F)F. The van der Waals surface area contributed by atoms with Gasteiger partial charge in [-0.05, 0) is 49.9 Å². The highest BCUT2D eigenvalue weighted by atomic mass is 19.4. The van der Waals surface area contributed by atoms with E-state index in [1.54, 1.807) is 0 Å². The molecule has 5 unspecified atom stereocenters. The maximum atomic E-state index is 13.4. The van der Waals surface area contributed by atoms with E-state index < -0.39 is 54.7 Å². The number of halogens is 3. The molecule has 2 heterocycles. The maximum absolute atomic E-state index is 13.4. The molecule has 9 nitrogen and oxygen atoms in total. The zero-order valence-corrected chi connectivity index (χ0v) is 20.0. The van der Waals surface area contributed by atoms with Gasteiger partial charge in [-0.1, -0.05) is 20.3 Å². The molecule has 2 aliphatic heterocycles. The molecule has 3 amide bonds. The second-order valence-electron chi connectivity index (χ2n) is 10.2. The second kappa shape index (κ2) is 11.2.